The van der Waals surface area contributed by atoms with E-state index in [1.807, 2.05) is 19.1 Å². The van der Waals surface area contributed by atoms with Crippen LogP contribution in [0.15, 0.2) is 46.6 Å². The van der Waals surface area contributed by atoms with Gasteiger partial charge < -0.3 is 24.7 Å². The van der Waals surface area contributed by atoms with E-state index in [4.69, 9.17) is 15.2 Å². The predicted octanol–water partition coefficient (Wildman–Crippen LogP) is 1.54. The summed E-state index contributed by atoms with van der Waals surface area (Å²) in [6.45, 7) is 4.63. The quantitative estimate of drug-likeness (QED) is 0.825. The van der Waals surface area contributed by atoms with Gasteiger partial charge in [0.25, 0.3) is 5.56 Å². The molecule has 0 saturated carbocycles. The van der Waals surface area contributed by atoms with Crippen molar-refractivity contribution >= 4 is 11.6 Å². The molecule has 0 bridgehead atoms. The lowest BCUT2D eigenvalue weighted by molar-refractivity contribution is -0.120. The van der Waals surface area contributed by atoms with E-state index in [0.717, 1.165) is 0 Å². The monoisotopic (exact) mass is 406 g/mol. The Morgan fingerprint density at radius 2 is 2.03 bits per heavy atom. The molecule has 4 rings (SSSR count). The Morgan fingerprint density at radius 3 is 2.70 bits per heavy atom. The number of anilines is 1. The zero-order valence-electron chi connectivity index (χ0n) is 17.1. The minimum absolute atomic E-state index is 0.0670. The number of methoxy groups -OCH3 is 1. The number of nitrogens with two attached hydrogens (primary N) is 1. The molecule has 2 aromatic rings. The van der Waals surface area contributed by atoms with E-state index in [9.17, 15) is 14.9 Å². The van der Waals surface area contributed by atoms with E-state index in [2.05, 4.69) is 6.07 Å². The van der Waals surface area contributed by atoms with Gasteiger partial charge >= 0.3 is 0 Å². The number of hydrogen-bond acceptors (Lipinski definition) is 6. The molecule has 154 valence electrons. The number of carbonyl (C=O) groups excluding carboxylic acids is 1. The molecule has 0 fully saturated rings. The van der Waals surface area contributed by atoms with E-state index >= 15 is 0 Å². The summed E-state index contributed by atoms with van der Waals surface area (Å²) in [5.41, 5.74) is 5.98. The number of para-hydroxylation sites is 1. The van der Waals surface area contributed by atoms with Gasteiger partial charge in [-0.05, 0) is 19.9 Å². The molecule has 3 heterocycles. The highest BCUT2D eigenvalue weighted by Gasteiger charge is 2.60. The van der Waals surface area contributed by atoms with Gasteiger partial charge in [-0.15, -0.1) is 0 Å². The molecule has 2 aliphatic heterocycles. The zero-order valence-corrected chi connectivity index (χ0v) is 17.1. The summed E-state index contributed by atoms with van der Waals surface area (Å²) in [4.78, 5) is 29.1. The average Bonchev–Trinajstić information content (AvgIpc) is 2.96. The Morgan fingerprint density at radius 1 is 1.30 bits per heavy atom. The second-order valence-electron chi connectivity index (χ2n) is 7.24. The van der Waals surface area contributed by atoms with Crippen LogP contribution in [-0.4, -0.2) is 30.7 Å². The van der Waals surface area contributed by atoms with Crippen LogP contribution in [0.3, 0.4) is 0 Å². The second-order valence-corrected chi connectivity index (χ2v) is 7.24. The van der Waals surface area contributed by atoms with Gasteiger partial charge in [0.05, 0.1) is 12.2 Å². The van der Waals surface area contributed by atoms with Gasteiger partial charge in [0.2, 0.25) is 11.8 Å². The second kappa shape index (κ2) is 7.04. The third-order valence-electron chi connectivity index (χ3n) is 5.80. The number of amides is 1. The molecule has 1 atom stereocenters. The normalized spacial score (nSPS) is 19.5. The number of likely N-dealkylation sites (N-methyl/N-ethyl adjacent to an activating group) is 1. The highest BCUT2D eigenvalue weighted by molar-refractivity contribution is 6.14. The van der Waals surface area contributed by atoms with Gasteiger partial charge in [-0.3, -0.25) is 9.59 Å². The number of hydrogen-bond donors (Lipinski definition) is 1. The van der Waals surface area contributed by atoms with Gasteiger partial charge in [0, 0.05) is 43.2 Å². The fourth-order valence-electron chi connectivity index (χ4n) is 4.50. The van der Waals surface area contributed by atoms with Crippen molar-refractivity contribution in [3.63, 3.8) is 0 Å². The van der Waals surface area contributed by atoms with Crippen molar-refractivity contribution < 1.29 is 14.3 Å². The van der Waals surface area contributed by atoms with E-state index in [1.165, 1.54) is 4.57 Å². The number of rotatable bonds is 4. The van der Waals surface area contributed by atoms with Crippen LogP contribution < -0.4 is 20.9 Å². The van der Waals surface area contributed by atoms with E-state index in [-0.39, 0.29) is 28.7 Å². The minimum atomic E-state index is -1.64. The van der Waals surface area contributed by atoms with Crippen molar-refractivity contribution in [1.82, 2.24) is 4.57 Å². The first-order valence-electron chi connectivity index (χ1n) is 9.66. The maximum atomic E-state index is 13.9. The molecule has 2 N–H and O–H groups in total. The molecule has 1 aromatic carbocycles. The van der Waals surface area contributed by atoms with Gasteiger partial charge in [-0.1, -0.05) is 18.2 Å². The Bertz CT molecular complexity index is 1190. The van der Waals surface area contributed by atoms with Crippen LogP contribution in [0.2, 0.25) is 0 Å². The summed E-state index contributed by atoms with van der Waals surface area (Å²) in [6.07, 6.45) is 0. The van der Waals surface area contributed by atoms with Gasteiger partial charge in [-0.2, -0.15) is 5.26 Å². The Kier molecular flexibility index (Phi) is 4.63. The first-order chi connectivity index (χ1) is 14.4. The molecule has 0 radical (unpaired) electrons. The van der Waals surface area contributed by atoms with E-state index in [1.54, 1.807) is 37.1 Å². The van der Waals surface area contributed by atoms with Gasteiger partial charge in [0.1, 0.15) is 17.4 Å². The number of carbonyl (C=O) groups is 1. The molecule has 2 aliphatic rings. The molecular formula is C22H22N4O4. The standard InChI is InChI=1S/C22H22N4O4/c1-4-25-16-8-6-5-7-14(16)22(21(25)28)15(12-23)19(24)30-17-11-13(2)26(9-10-29-3)20(27)18(17)22/h5-8,11H,4,9-10,24H2,1-3H3. The third kappa shape index (κ3) is 2.36. The maximum absolute atomic E-state index is 13.9. The molecular weight excluding hydrogens is 384 g/mol. The summed E-state index contributed by atoms with van der Waals surface area (Å²) >= 11 is 0. The summed E-state index contributed by atoms with van der Waals surface area (Å²) in [5.74, 6) is -0.349. The molecule has 8 heteroatoms. The van der Waals surface area contributed by atoms with Gasteiger partial charge in [-0.25, -0.2) is 0 Å². The highest BCUT2D eigenvalue weighted by Crippen LogP contribution is 2.53. The van der Waals surface area contributed by atoms with Crippen molar-refractivity contribution in [3.8, 4) is 11.8 Å². The number of nitriles is 1. The number of aromatic nitrogens is 1. The number of ether oxygens (including phenoxy) is 2. The van der Waals surface area contributed by atoms with Crippen LogP contribution in [0.25, 0.3) is 0 Å². The van der Waals surface area contributed by atoms with Crippen LogP contribution in [0.4, 0.5) is 5.69 Å². The SMILES string of the molecule is CCN1C(=O)C2(C(C#N)=C(N)Oc3cc(C)n(CCOC)c(=O)c32)c2ccccc21. The van der Waals surface area contributed by atoms with Crippen LogP contribution in [0, 0.1) is 18.3 Å². The van der Waals surface area contributed by atoms with Crippen molar-refractivity contribution in [1.29, 1.82) is 5.26 Å². The lowest BCUT2D eigenvalue weighted by Gasteiger charge is -2.34. The van der Waals surface area contributed by atoms with Crippen molar-refractivity contribution in [2.24, 2.45) is 5.73 Å². The van der Waals surface area contributed by atoms with Crippen molar-refractivity contribution in [2.45, 2.75) is 25.8 Å². The first kappa shape index (κ1) is 19.7. The van der Waals surface area contributed by atoms with Crippen LogP contribution in [0.5, 0.6) is 5.75 Å². The first-order valence-corrected chi connectivity index (χ1v) is 9.66. The minimum Gasteiger partial charge on any atom is -0.440 e. The molecule has 30 heavy (non-hydrogen) atoms. The van der Waals surface area contributed by atoms with Crippen LogP contribution >= 0.6 is 0 Å². The van der Waals surface area contributed by atoms with Crippen molar-refractivity contribution in [2.75, 3.05) is 25.2 Å². The number of nitrogens with zero attached hydrogens (tertiary/aromatic N) is 3. The Labute approximate surface area is 173 Å². The molecule has 1 spiro atoms. The average molecular weight is 406 g/mol. The van der Waals surface area contributed by atoms with Crippen LogP contribution in [-0.2, 0) is 21.5 Å². The maximum Gasteiger partial charge on any atom is 0.259 e. The molecule has 1 aromatic heterocycles. The fraction of sp³-hybridized carbons (Fsp3) is 0.318. The third-order valence-corrected chi connectivity index (χ3v) is 5.80. The largest absolute Gasteiger partial charge is 0.440 e. The molecule has 1 amide bonds. The number of pyridine rings is 1. The summed E-state index contributed by atoms with van der Waals surface area (Å²) in [6, 6.07) is 10.9. The fourth-order valence-corrected chi connectivity index (χ4v) is 4.50. The molecule has 8 nitrogen and oxygen atoms in total. The number of aryl methyl sites for hydroxylation is 1. The number of fused-ring (bicyclic) bond motifs is 4. The topological polar surface area (TPSA) is 111 Å². The van der Waals surface area contributed by atoms with E-state index < -0.39 is 11.0 Å². The lowest BCUT2D eigenvalue weighted by Crippen LogP contribution is -2.50. The van der Waals surface area contributed by atoms with Crippen LogP contribution in [0.1, 0.15) is 23.7 Å². The van der Waals surface area contributed by atoms with Crippen molar-refractivity contribution in [3.05, 3.63) is 69.0 Å². The lowest BCUT2D eigenvalue weighted by atomic mass is 9.69. The highest BCUT2D eigenvalue weighted by atomic mass is 16.5. The predicted molar refractivity (Wildman–Crippen MR) is 110 cm³/mol. The summed E-state index contributed by atoms with van der Waals surface area (Å²) in [7, 11) is 1.55. The zero-order chi connectivity index (χ0) is 21.6. The van der Waals surface area contributed by atoms with Gasteiger partial charge in [0.15, 0.2) is 5.41 Å². The Balaban J connectivity index is 2.15. The summed E-state index contributed by atoms with van der Waals surface area (Å²) < 4.78 is 12.4. The summed E-state index contributed by atoms with van der Waals surface area (Å²) in [5, 5.41) is 10.0. The van der Waals surface area contributed by atoms with E-state index in [0.29, 0.717) is 36.6 Å². The smallest absolute Gasteiger partial charge is 0.259 e. The molecule has 1 unspecified atom stereocenters. The number of benzene rings is 1. The molecule has 0 saturated heterocycles. The Hall–Kier alpha value is -3.57. The molecule has 0 aliphatic carbocycles.